The molecule has 0 unspecified atom stereocenters. The first-order valence-corrected chi connectivity index (χ1v) is 8.44. The number of nitrogens with zero attached hydrogens (tertiary/aromatic N) is 10. The summed E-state index contributed by atoms with van der Waals surface area (Å²) in [6.07, 6.45) is -1.84. The Hall–Kier alpha value is -3.51. The van der Waals surface area contributed by atoms with Crippen LogP contribution in [0.25, 0.3) is 11.4 Å². The maximum Gasteiger partial charge on any atom is 0.433 e. The summed E-state index contributed by atoms with van der Waals surface area (Å²) in [5.41, 5.74) is -0.336. The zero-order valence-corrected chi connectivity index (χ0v) is 14.3. The van der Waals surface area contributed by atoms with Gasteiger partial charge in [0.1, 0.15) is 24.3 Å². The minimum Gasteiger partial charge on any atom is -0.353 e. The van der Waals surface area contributed by atoms with Crippen molar-refractivity contribution in [1.82, 2.24) is 39.4 Å². The van der Waals surface area contributed by atoms with Crippen LogP contribution in [0.1, 0.15) is 5.69 Å². The van der Waals surface area contributed by atoms with Crippen LogP contribution in [0, 0.1) is 0 Å². The Bertz CT molecular complexity index is 1140. The molecule has 0 atom stereocenters. The molecule has 0 aromatic carbocycles. The fraction of sp³-hybridized carbons (Fsp3) is 0.333. The van der Waals surface area contributed by atoms with E-state index in [4.69, 9.17) is 0 Å². The van der Waals surface area contributed by atoms with Crippen LogP contribution >= 0.6 is 0 Å². The molecule has 1 fully saturated rings. The molecule has 0 amide bonds. The van der Waals surface area contributed by atoms with Gasteiger partial charge in [-0.3, -0.25) is 0 Å². The number of piperazine rings is 1. The summed E-state index contributed by atoms with van der Waals surface area (Å²) in [7, 11) is 0. The first kappa shape index (κ1) is 16.6. The number of hydrogen-bond acceptors (Lipinski definition) is 8. The van der Waals surface area contributed by atoms with Crippen molar-refractivity contribution < 1.29 is 13.2 Å². The maximum absolute atomic E-state index is 13.2. The van der Waals surface area contributed by atoms with E-state index in [9.17, 15) is 13.2 Å². The molecule has 144 valence electrons. The lowest BCUT2D eigenvalue weighted by Crippen LogP contribution is -2.47. The van der Waals surface area contributed by atoms with E-state index in [1.54, 1.807) is 4.52 Å². The molecule has 1 saturated heterocycles. The van der Waals surface area contributed by atoms with Crippen molar-refractivity contribution >= 4 is 23.1 Å². The number of halogens is 3. The van der Waals surface area contributed by atoms with Crippen LogP contribution in [0.3, 0.4) is 0 Å². The molecule has 0 spiro atoms. The van der Waals surface area contributed by atoms with Crippen LogP contribution in [-0.4, -0.2) is 65.6 Å². The molecule has 0 saturated carbocycles. The molecule has 0 bridgehead atoms. The van der Waals surface area contributed by atoms with Gasteiger partial charge in [0.2, 0.25) is 0 Å². The molecular weight excluding hydrogens is 377 g/mol. The molecule has 13 heteroatoms. The van der Waals surface area contributed by atoms with Gasteiger partial charge in [0.05, 0.1) is 0 Å². The number of rotatable bonds is 2. The van der Waals surface area contributed by atoms with Crippen molar-refractivity contribution in [1.29, 1.82) is 0 Å². The van der Waals surface area contributed by atoms with Crippen molar-refractivity contribution in [2.45, 2.75) is 6.18 Å². The molecule has 0 aliphatic carbocycles. The smallest absolute Gasteiger partial charge is 0.353 e. The van der Waals surface area contributed by atoms with E-state index >= 15 is 0 Å². The zero-order valence-electron chi connectivity index (χ0n) is 14.3. The van der Waals surface area contributed by atoms with Crippen LogP contribution < -0.4 is 9.80 Å². The van der Waals surface area contributed by atoms with E-state index in [1.807, 2.05) is 17.0 Å². The number of hydrogen-bond donors (Lipinski definition) is 0. The number of anilines is 2. The lowest BCUT2D eigenvalue weighted by molar-refractivity contribution is -0.141. The van der Waals surface area contributed by atoms with Gasteiger partial charge in [-0.25, -0.2) is 4.98 Å². The third kappa shape index (κ3) is 2.75. The first-order chi connectivity index (χ1) is 13.5. The second-order valence-electron chi connectivity index (χ2n) is 6.27. The van der Waals surface area contributed by atoms with Gasteiger partial charge in [0, 0.05) is 32.2 Å². The van der Waals surface area contributed by atoms with Gasteiger partial charge in [0.25, 0.3) is 5.78 Å². The van der Waals surface area contributed by atoms with Crippen LogP contribution in [-0.2, 0) is 6.18 Å². The Morgan fingerprint density at radius 2 is 1.79 bits per heavy atom. The minimum atomic E-state index is -4.55. The van der Waals surface area contributed by atoms with Gasteiger partial charge >= 0.3 is 6.18 Å². The number of alkyl halides is 3. The number of aromatic nitrogens is 8. The topological polar surface area (TPSA) is 92.6 Å². The molecule has 0 N–H and O–H groups in total. The van der Waals surface area contributed by atoms with E-state index in [0.717, 1.165) is 11.9 Å². The number of fused-ring (bicyclic) bond motifs is 2. The highest BCUT2D eigenvalue weighted by atomic mass is 19.4. The van der Waals surface area contributed by atoms with E-state index in [2.05, 4.69) is 35.3 Å². The Kier molecular flexibility index (Phi) is 3.57. The summed E-state index contributed by atoms with van der Waals surface area (Å²) in [4.78, 5) is 11.3. The second-order valence-corrected chi connectivity index (χ2v) is 6.27. The van der Waals surface area contributed by atoms with Crippen molar-refractivity contribution in [2.75, 3.05) is 36.0 Å². The highest BCUT2D eigenvalue weighted by Gasteiger charge is 2.35. The second kappa shape index (κ2) is 6.00. The Morgan fingerprint density at radius 1 is 1.00 bits per heavy atom. The van der Waals surface area contributed by atoms with Crippen molar-refractivity contribution in [2.24, 2.45) is 0 Å². The van der Waals surface area contributed by atoms with Crippen molar-refractivity contribution in [3.8, 4) is 0 Å². The molecular formula is C15H13F3N10. The van der Waals surface area contributed by atoms with Crippen molar-refractivity contribution in [3.63, 3.8) is 0 Å². The fourth-order valence-electron chi connectivity index (χ4n) is 3.22. The summed E-state index contributed by atoms with van der Waals surface area (Å²) in [5.74, 6) is 0.993. The van der Waals surface area contributed by atoms with Crippen LogP contribution in [0.4, 0.5) is 24.8 Å². The molecule has 4 aromatic heterocycles. The highest BCUT2D eigenvalue weighted by molar-refractivity contribution is 5.51. The summed E-state index contributed by atoms with van der Waals surface area (Å²) >= 11 is 0. The molecule has 28 heavy (non-hydrogen) atoms. The average molecular weight is 390 g/mol. The predicted molar refractivity (Wildman–Crippen MR) is 91.0 cm³/mol. The Morgan fingerprint density at radius 3 is 2.57 bits per heavy atom. The lowest BCUT2D eigenvalue weighted by Gasteiger charge is -2.36. The average Bonchev–Trinajstić information content (AvgIpc) is 3.35. The van der Waals surface area contributed by atoms with E-state index < -0.39 is 11.9 Å². The van der Waals surface area contributed by atoms with Crippen LogP contribution in [0.15, 0.2) is 30.9 Å². The summed E-state index contributed by atoms with van der Waals surface area (Å²) < 4.78 is 42.5. The normalized spacial score (nSPS) is 15.7. The first-order valence-electron chi connectivity index (χ1n) is 8.44. The lowest BCUT2D eigenvalue weighted by atomic mass is 10.3. The SMILES string of the molecule is FC(F)(F)c1cc(N2CCN(c3ccc4nncn4n3)CC2)n2ncnc2n1. The molecule has 0 radical (unpaired) electrons. The summed E-state index contributed by atoms with van der Waals surface area (Å²) in [6, 6.07) is 4.68. The van der Waals surface area contributed by atoms with Gasteiger partial charge in [-0.05, 0) is 12.1 Å². The molecule has 10 nitrogen and oxygen atoms in total. The Labute approximate surface area is 155 Å². The third-order valence-corrected chi connectivity index (χ3v) is 4.60. The molecule has 5 rings (SSSR count). The van der Waals surface area contributed by atoms with Gasteiger partial charge in [0.15, 0.2) is 11.3 Å². The summed E-state index contributed by atoms with van der Waals surface area (Å²) in [5, 5.41) is 16.2. The van der Waals surface area contributed by atoms with Crippen molar-refractivity contribution in [3.05, 3.63) is 36.5 Å². The molecule has 1 aliphatic rings. The van der Waals surface area contributed by atoms with Crippen LogP contribution in [0.2, 0.25) is 0 Å². The monoisotopic (exact) mass is 390 g/mol. The standard InChI is InChI=1S/C15H13F3N10/c16-15(17,18)10-7-13(28-14(22-10)19-8-21-28)26-5-3-25(4-6-26)12-2-1-11-23-20-9-27(11)24-12/h1-2,7-9H,3-6H2. The summed E-state index contributed by atoms with van der Waals surface area (Å²) in [6.45, 7) is 2.16. The predicted octanol–water partition coefficient (Wildman–Crippen LogP) is 0.907. The van der Waals surface area contributed by atoms with Gasteiger partial charge < -0.3 is 9.80 Å². The van der Waals surface area contributed by atoms with Gasteiger partial charge in [-0.1, -0.05) is 0 Å². The Balaban J connectivity index is 1.41. The largest absolute Gasteiger partial charge is 0.433 e. The molecule has 4 aromatic rings. The minimum absolute atomic E-state index is 0.0769. The van der Waals surface area contributed by atoms with Gasteiger partial charge in [-0.15, -0.1) is 15.3 Å². The van der Waals surface area contributed by atoms with Crippen LogP contribution in [0.5, 0.6) is 0 Å². The highest BCUT2D eigenvalue weighted by Crippen LogP contribution is 2.31. The van der Waals surface area contributed by atoms with E-state index in [1.165, 1.54) is 17.2 Å². The third-order valence-electron chi connectivity index (χ3n) is 4.60. The zero-order chi connectivity index (χ0) is 19.3. The van der Waals surface area contributed by atoms with Gasteiger partial charge in [-0.2, -0.15) is 32.3 Å². The fourth-order valence-corrected chi connectivity index (χ4v) is 3.22. The molecule has 5 heterocycles. The maximum atomic E-state index is 13.2. The van der Waals surface area contributed by atoms with E-state index in [0.29, 0.717) is 37.6 Å². The van der Waals surface area contributed by atoms with E-state index in [-0.39, 0.29) is 5.78 Å². The molecule has 1 aliphatic heterocycles. The quantitative estimate of drug-likeness (QED) is 0.499.